The average molecular weight is 365 g/mol. The number of nitrogens with zero attached hydrogens (tertiary/aromatic N) is 3. The van der Waals surface area contributed by atoms with Gasteiger partial charge < -0.3 is 4.42 Å². The maximum atomic E-state index is 13.4. The van der Waals surface area contributed by atoms with E-state index in [-0.39, 0.29) is 5.82 Å². The van der Waals surface area contributed by atoms with Crippen LogP contribution in [0.5, 0.6) is 0 Å². The van der Waals surface area contributed by atoms with Crippen LogP contribution in [0.1, 0.15) is 12.5 Å². The van der Waals surface area contributed by atoms with E-state index in [4.69, 9.17) is 4.42 Å². The van der Waals surface area contributed by atoms with Crippen molar-refractivity contribution in [2.24, 2.45) is 10.1 Å². The second-order valence-electron chi connectivity index (χ2n) is 5.64. The Labute approximate surface area is 153 Å². The van der Waals surface area contributed by atoms with Crippen LogP contribution in [0.4, 0.5) is 4.39 Å². The van der Waals surface area contributed by atoms with Gasteiger partial charge in [-0.15, -0.1) is 11.3 Å². The lowest BCUT2D eigenvalue weighted by molar-refractivity contribution is 0.621. The zero-order valence-corrected chi connectivity index (χ0v) is 14.9. The van der Waals surface area contributed by atoms with Crippen LogP contribution in [0, 0.1) is 5.82 Å². The fourth-order valence-electron chi connectivity index (χ4n) is 2.64. The van der Waals surface area contributed by atoms with E-state index >= 15 is 0 Å². The fourth-order valence-corrected chi connectivity index (χ4v) is 3.53. The van der Waals surface area contributed by atoms with Crippen LogP contribution in [0.15, 0.2) is 74.5 Å². The van der Waals surface area contributed by atoms with E-state index in [1.165, 1.54) is 23.5 Å². The molecule has 6 heteroatoms. The van der Waals surface area contributed by atoms with Crippen LogP contribution in [0.25, 0.3) is 22.4 Å². The number of furan rings is 1. The largest absolute Gasteiger partial charge is 0.454 e. The first-order chi connectivity index (χ1) is 12.7. The van der Waals surface area contributed by atoms with E-state index in [1.807, 2.05) is 42.6 Å². The number of rotatable bonds is 4. The Hall–Kier alpha value is -2.99. The van der Waals surface area contributed by atoms with Crippen molar-refractivity contribution in [2.45, 2.75) is 6.92 Å². The van der Waals surface area contributed by atoms with Gasteiger partial charge in [-0.2, -0.15) is 5.10 Å². The summed E-state index contributed by atoms with van der Waals surface area (Å²) in [5.74, 6) is 0.427. The van der Waals surface area contributed by atoms with Crippen LogP contribution in [-0.4, -0.2) is 17.4 Å². The summed E-state index contributed by atoms with van der Waals surface area (Å²) < 4.78 is 21.1. The average Bonchev–Trinajstić information content (AvgIpc) is 3.24. The molecule has 0 radical (unpaired) electrons. The number of hydrogen-bond donors (Lipinski definition) is 0. The maximum Gasteiger partial charge on any atom is 0.206 e. The maximum absolute atomic E-state index is 13.4. The van der Waals surface area contributed by atoms with Gasteiger partial charge in [-0.05, 0) is 36.8 Å². The van der Waals surface area contributed by atoms with Crippen molar-refractivity contribution in [3.05, 3.63) is 76.2 Å². The summed E-state index contributed by atoms with van der Waals surface area (Å²) in [6.45, 7) is 2.62. The number of benzene rings is 2. The highest BCUT2D eigenvalue weighted by Crippen LogP contribution is 2.28. The molecule has 2 aromatic carbocycles. The molecule has 2 heterocycles. The molecule has 0 amide bonds. The van der Waals surface area contributed by atoms with Gasteiger partial charge in [-0.1, -0.05) is 30.3 Å². The van der Waals surface area contributed by atoms with Gasteiger partial charge in [0.25, 0.3) is 0 Å². The van der Waals surface area contributed by atoms with Crippen LogP contribution in [-0.2, 0) is 0 Å². The Balaban J connectivity index is 1.82. The summed E-state index contributed by atoms with van der Waals surface area (Å²) in [6, 6.07) is 16.2. The van der Waals surface area contributed by atoms with Gasteiger partial charge in [0.1, 0.15) is 17.1 Å². The van der Waals surface area contributed by atoms with Gasteiger partial charge in [0, 0.05) is 17.3 Å². The molecule has 0 fully saturated rings. The number of fused-ring (bicyclic) bond motifs is 1. The number of halogens is 1. The third-order valence-corrected chi connectivity index (χ3v) is 4.68. The van der Waals surface area contributed by atoms with E-state index in [9.17, 15) is 4.39 Å². The van der Waals surface area contributed by atoms with Crippen molar-refractivity contribution in [3.63, 3.8) is 0 Å². The Morgan fingerprint density at radius 2 is 2.04 bits per heavy atom. The van der Waals surface area contributed by atoms with Crippen molar-refractivity contribution < 1.29 is 8.81 Å². The Kier molecular flexibility index (Phi) is 4.50. The lowest BCUT2D eigenvalue weighted by Gasteiger charge is -2.00. The molecule has 0 saturated heterocycles. The molecule has 4 aromatic rings. The summed E-state index contributed by atoms with van der Waals surface area (Å²) in [5, 5.41) is 7.52. The number of thiazole rings is 1. The summed E-state index contributed by atoms with van der Waals surface area (Å²) in [7, 11) is 0. The zero-order chi connectivity index (χ0) is 17.9. The summed E-state index contributed by atoms with van der Waals surface area (Å²) in [6.07, 6.45) is 1.62. The molecule has 0 saturated carbocycles. The third-order valence-electron chi connectivity index (χ3n) is 3.83. The third kappa shape index (κ3) is 3.23. The Morgan fingerprint density at radius 1 is 1.15 bits per heavy atom. The molecule has 0 bridgehead atoms. The molecule has 0 aliphatic heterocycles. The molecule has 0 aliphatic carbocycles. The van der Waals surface area contributed by atoms with Crippen molar-refractivity contribution >= 4 is 28.5 Å². The number of aromatic nitrogens is 1. The molecule has 0 N–H and O–H groups in total. The molecule has 4 nitrogen and oxygen atoms in total. The smallest absolute Gasteiger partial charge is 0.206 e. The summed E-state index contributed by atoms with van der Waals surface area (Å²) in [4.78, 5) is 5.25. The Morgan fingerprint density at radius 3 is 2.85 bits per heavy atom. The number of hydrogen-bond acceptors (Lipinski definition) is 4. The molecule has 0 unspecified atom stereocenters. The van der Waals surface area contributed by atoms with E-state index < -0.39 is 0 Å². The minimum atomic E-state index is -0.291. The van der Waals surface area contributed by atoms with E-state index in [2.05, 4.69) is 10.1 Å². The zero-order valence-electron chi connectivity index (χ0n) is 14.1. The molecule has 2 aromatic heterocycles. The van der Waals surface area contributed by atoms with Gasteiger partial charge in [0.2, 0.25) is 4.80 Å². The van der Waals surface area contributed by atoms with Crippen LogP contribution >= 0.6 is 11.3 Å². The molecule has 0 spiro atoms. The van der Waals surface area contributed by atoms with Gasteiger partial charge in [-0.25, -0.2) is 9.07 Å². The standard InChI is InChI=1S/C20H16FN3OS/c1-2-22-20-24(23-12-14-6-5-8-16(21)10-14)17(13-26-20)19-11-15-7-3-4-9-18(15)25-19/h3-13H,2H2,1H3. The van der Waals surface area contributed by atoms with Gasteiger partial charge >= 0.3 is 0 Å². The molecule has 0 atom stereocenters. The predicted octanol–water partition coefficient (Wildman–Crippen LogP) is 4.90. The molecule has 130 valence electrons. The second-order valence-corrected chi connectivity index (χ2v) is 6.47. The predicted molar refractivity (Wildman–Crippen MR) is 103 cm³/mol. The van der Waals surface area contributed by atoms with Crippen LogP contribution in [0.2, 0.25) is 0 Å². The molecule has 0 aliphatic rings. The van der Waals surface area contributed by atoms with Gasteiger partial charge in [0.05, 0.1) is 6.21 Å². The molecule has 26 heavy (non-hydrogen) atoms. The van der Waals surface area contributed by atoms with Crippen molar-refractivity contribution in [2.75, 3.05) is 6.54 Å². The summed E-state index contributed by atoms with van der Waals surface area (Å²) >= 11 is 1.49. The monoisotopic (exact) mass is 365 g/mol. The minimum Gasteiger partial charge on any atom is -0.454 e. The normalized spacial score (nSPS) is 12.5. The molecule has 4 rings (SSSR count). The highest BCUT2D eigenvalue weighted by Gasteiger charge is 2.12. The van der Waals surface area contributed by atoms with Crippen molar-refractivity contribution in [1.82, 2.24) is 4.68 Å². The van der Waals surface area contributed by atoms with Gasteiger partial charge in [-0.3, -0.25) is 4.99 Å². The van der Waals surface area contributed by atoms with Crippen molar-refractivity contribution in [1.29, 1.82) is 0 Å². The lowest BCUT2D eigenvalue weighted by atomic mass is 10.2. The van der Waals surface area contributed by atoms with Crippen LogP contribution in [0.3, 0.4) is 0 Å². The topological polar surface area (TPSA) is 42.8 Å². The van der Waals surface area contributed by atoms with Crippen molar-refractivity contribution in [3.8, 4) is 11.5 Å². The quantitative estimate of drug-likeness (QED) is 0.474. The van der Waals surface area contributed by atoms with Crippen LogP contribution < -0.4 is 4.80 Å². The van der Waals surface area contributed by atoms with Gasteiger partial charge in [0.15, 0.2) is 5.76 Å². The lowest BCUT2D eigenvalue weighted by Crippen LogP contribution is -2.12. The summed E-state index contributed by atoms with van der Waals surface area (Å²) in [5.41, 5.74) is 2.32. The van der Waals surface area contributed by atoms with E-state index in [0.29, 0.717) is 12.1 Å². The first-order valence-electron chi connectivity index (χ1n) is 8.24. The van der Waals surface area contributed by atoms with E-state index in [0.717, 1.165) is 27.2 Å². The first-order valence-corrected chi connectivity index (χ1v) is 9.12. The highest BCUT2D eigenvalue weighted by atomic mass is 32.1. The Bertz CT molecular complexity index is 1120. The SMILES string of the molecule is CCN=c1scc(-c2cc3ccccc3o2)n1N=Cc1cccc(F)c1. The van der Waals surface area contributed by atoms with E-state index in [1.54, 1.807) is 23.0 Å². The molecular formula is C20H16FN3OS. The first kappa shape index (κ1) is 16.5. The minimum absolute atomic E-state index is 0.291. The second kappa shape index (κ2) is 7.09. The molecular weight excluding hydrogens is 349 g/mol. The fraction of sp³-hybridized carbons (Fsp3) is 0.100. The highest BCUT2D eigenvalue weighted by molar-refractivity contribution is 7.07. The number of para-hydroxylation sites is 1.